The molecule has 8 heteroatoms. The van der Waals surface area contributed by atoms with Crippen LogP contribution in [0.15, 0.2) is 24.3 Å². The van der Waals surface area contributed by atoms with E-state index in [0.29, 0.717) is 11.1 Å². The number of benzene rings is 1. The van der Waals surface area contributed by atoms with Crippen LogP contribution in [-0.4, -0.2) is 23.7 Å². The summed E-state index contributed by atoms with van der Waals surface area (Å²) in [6.07, 6.45) is -0.435. The number of amides is 1. The number of rotatable bonds is 7. The van der Waals surface area contributed by atoms with Crippen molar-refractivity contribution in [1.29, 1.82) is 5.41 Å². The van der Waals surface area contributed by atoms with Crippen molar-refractivity contribution in [3.63, 3.8) is 0 Å². The summed E-state index contributed by atoms with van der Waals surface area (Å²) < 4.78 is 4.65. The van der Waals surface area contributed by atoms with E-state index in [4.69, 9.17) is 22.6 Å². The van der Waals surface area contributed by atoms with Gasteiger partial charge in [0.05, 0.1) is 12.3 Å². The Morgan fingerprint density at radius 2 is 1.70 bits per heavy atom. The van der Waals surface area contributed by atoms with E-state index in [1.165, 1.54) is 6.92 Å². The fourth-order valence-corrected chi connectivity index (χ4v) is 1.80. The smallest absolute Gasteiger partial charge is 0.318 e. The minimum absolute atomic E-state index is 0.0716. The van der Waals surface area contributed by atoms with Gasteiger partial charge in [-0.25, -0.2) is 0 Å². The first-order valence-corrected chi connectivity index (χ1v) is 6.95. The summed E-state index contributed by atoms with van der Waals surface area (Å²) in [6.45, 7) is 1.53. The Morgan fingerprint density at radius 3 is 2.17 bits per heavy atom. The largest absolute Gasteiger partial charge is 0.393 e. The average molecular weight is 320 g/mol. The highest BCUT2D eigenvalue weighted by Gasteiger charge is 2.25. The summed E-state index contributed by atoms with van der Waals surface area (Å²) in [5, 5.41) is 7.31. The van der Waals surface area contributed by atoms with Crippen molar-refractivity contribution >= 4 is 23.7 Å². The number of nitrogens with two attached hydrogens (primary N) is 3. The number of hydrogen-bond acceptors (Lipinski definition) is 6. The molecule has 124 valence electrons. The second-order valence-electron chi connectivity index (χ2n) is 5.11. The second-order valence-corrected chi connectivity index (χ2v) is 5.11. The highest BCUT2D eigenvalue weighted by molar-refractivity contribution is 5.95. The SMILES string of the molecule is CC(C(=O)OC(=O)CCC(N)=O)C(N)c1ccc(C(=N)N)cc1. The number of esters is 2. The van der Waals surface area contributed by atoms with Crippen LogP contribution in [-0.2, 0) is 19.1 Å². The molecule has 1 amide bonds. The van der Waals surface area contributed by atoms with Crippen LogP contribution in [0.5, 0.6) is 0 Å². The molecular weight excluding hydrogens is 300 g/mol. The molecule has 8 nitrogen and oxygen atoms in total. The molecule has 0 saturated carbocycles. The summed E-state index contributed by atoms with van der Waals surface area (Å²) >= 11 is 0. The predicted molar refractivity (Wildman–Crippen MR) is 83.1 cm³/mol. The lowest BCUT2D eigenvalue weighted by Crippen LogP contribution is -2.29. The minimum Gasteiger partial charge on any atom is -0.393 e. The van der Waals surface area contributed by atoms with Crippen molar-refractivity contribution in [3.05, 3.63) is 35.4 Å². The van der Waals surface area contributed by atoms with E-state index in [1.54, 1.807) is 24.3 Å². The standard InChI is InChI=1S/C15H20N4O4/c1-8(15(22)23-12(21)7-6-11(16)20)13(17)9-2-4-10(5-3-9)14(18)19/h2-5,8,13H,6-7,17H2,1H3,(H2,16,20)(H3,18,19). The third-order valence-corrected chi connectivity index (χ3v) is 3.31. The van der Waals surface area contributed by atoms with Crippen molar-refractivity contribution in [2.24, 2.45) is 23.1 Å². The highest BCUT2D eigenvalue weighted by Crippen LogP contribution is 2.21. The number of primary amides is 1. The molecule has 0 aliphatic heterocycles. The van der Waals surface area contributed by atoms with Crippen molar-refractivity contribution < 1.29 is 19.1 Å². The van der Waals surface area contributed by atoms with Gasteiger partial charge in [0, 0.05) is 18.0 Å². The Balaban J connectivity index is 2.66. The van der Waals surface area contributed by atoms with Gasteiger partial charge in [0.25, 0.3) is 0 Å². The van der Waals surface area contributed by atoms with Crippen molar-refractivity contribution in [3.8, 4) is 0 Å². The summed E-state index contributed by atoms with van der Waals surface area (Å²) in [7, 11) is 0. The van der Waals surface area contributed by atoms with E-state index in [2.05, 4.69) is 4.74 Å². The van der Waals surface area contributed by atoms with Gasteiger partial charge in [-0.1, -0.05) is 31.2 Å². The average Bonchev–Trinajstić information content (AvgIpc) is 2.51. The van der Waals surface area contributed by atoms with Gasteiger partial charge in [-0.05, 0) is 5.56 Å². The van der Waals surface area contributed by atoms with Gasteiger partial charge in [0.15, 0.2) is 0 Å². The number of carbonyl (C=O) groups is 3. The number of amidine groups is 1. The van der Waals surface area contributed by atoms with Crippen molar-refractivity contribution in [2.45, 2.75) is 25.8 Å². The van der Waals surface area contributed by atoms with Crippen LogP contribution in [0, 0.1) is 11.3 Å². The molecule has 1 aromatic rings. The van der Waals surface area contributed by atoms with Gasteiger partial charge >= 0.3 is 11.9 Å². The summed E-state index contributed by atoms with van der Waals surface area (Å²) in [5.41, 5.74) is 17.4. The Kier molecular flexibility index (Phi) is 6.40. The molecule has 0 aliphatic rings. The van der Waals surface area contributed by atoms with Crippen LogP contribution < -0.4 is 17.2 Å². The molecule has 0 radical (unpaired) electrons. The molecule has 2 atom stereocenters. The Bertz CT molecular complexity index is 612. The molecule has 0 saturated heterocycles. The first-order valence-electron chi connectivity index (χ1n) is 6.95. The molecule has 0 fully saturated rings. The zero-order valence-electron chi connectivity index (χ0n) is 12.7. The molecule has 0 aliphatic carbocycles. The van der Waals surface area contributed by atoms with E-state index >= 15 is 0 Å². The zero-order chi connectivity index (χ0) is 17.6. The lowest BCUT2D eigenvalue weighted by molar-refractivity contribution is -0.163. The molecular formula is C15H20N4O4. The van der Waals surface area contributed by atoms with E-state index in [0.717, 1.165) is 0 Å². The van der Waals surface area contributed by atoms with Crippen LogP contribution in [0.4, 0.5) is 0 Å². The quantitative estimate of drug-likeness (QED) is 0.238. The molecule has 23 heavy (non-hydrogen) atoms. The number of carbonyl (C=O) groups excluding carboxylic acids is 3. The maximum atomic E-state index is 11.9. The van der Waals surface area contributed by atoms with Crippen molar-refractivity contribution in [1.82, 2.24) is 0 Å². The van der Waals surface area contributed by atoms with E-state index < -0.39 is 29.8 Å². The Labute approximate surface area is 133 Å². The van der Waals surface area contributed by atoms with Gasteiger partial charge in [0.2, 0.25) is 5.91 Å². The maximum Gasteiger partial charge on any atom is 0.318 e. The highest BCUT2D eigenvalue weighted by atomic mass is 16.6. The second kappa shape index (κ2) is 8.04. The fourth-order valence-electron chi connectivity index (χ4n) is 1.80. The van der Waals surface area contributed by atoms with E-state index in [-0.39, 0.29) is 18.7 Å². The summed E-state index contributed by atoms with van der Waals surface area (Å²) in [4.78, 5) is 33.9. The predicted octanol–water partition coefficient (Wildman–Crippen LogP) is -0.0581. The van der Waals surface area contributed by atoms with Crippen LogP contribution in [0.2, 0.25) is 0 Å². The van der Waals surface area contributed by atoms with Crippen molar-refractivity contribution in [2.75, 3.05) is 0 Å². The first kappa shape index (κ1) is 18.3. The molecule has 0 aromatic heterocycles. The number of hydrogen-bond donors (Lipinski definition) is 4. The van der Waals surface area contributed by atoms with Crippen LogP contribution in [0.3, 0.4) is 0 Å². The zero-order valence-corrected chi connectivity index (χ0v) is 12.7. The minimum atomic E-state index is -0.820. The van der Waals surface area contributed by atoms with Crippen LogP contribution >= 0.6 is 0 Å². The van der Waals surface area contributed by atoms with Gasteiger partial charge in [-0.2, -0.15) is 0 Å². The Morgan fingerprint density at radius 1 is 1.13 bits per heavy atom. The van der Waals surface area contributed by atoms with E-state index in [1.807, 2.05) is 0 Å². The molecule has 2 unspecified atom stereocenters. The number of ether oxygens (including phenoxy) is 1. The monoisotopic (exact) mass is 320 g/mol. The normalized spacial score (nSPS) is 13.0. The third kappa shape index (κ3) is 5.51. The first-order chi connectivity index (χ1) is 10.7. The lowest BCUT2D eigenvalue weighted by atomic mass is 9.94. The topological polar surface area (TPSA) is 162 Å². The molecule has 1 aromatic carbocycles. The van der Waals surface area contributed by atoms with Crippen LogP contribution in [0.25, 0.3) is 0 Å². The van der Waals surface area contributed by atoms with Gasteiger partial charge < -0.3 is 21.9 Å². The van der Waals surface area contributed by atoms with Crippen LogP contribution in [0.1, 0.15) is 36.9 Å². The summed E-state index contributed by atoms with van der Waals surface area (Å²) in [5.74, 6) is -3.08. The maximum absolute atomic E-state index is 11.9. The van der Waals surface area contributed by atoms with Gasteiger partial charge in [-0.3, -0.25) is 19.8 Å². The van der Waals surface area contributed by atoms with E-state index in [9.17, 15) is 14.4 Å². The fraction of sp³-hybridized carbons (Fsp3) is 0.333. The molecule has 1 rings (SSSR count). The Hall–Kier alpha value is -2.74. The van der Waals surface area contributed by atoms with Gasteiger partial charge in [-0.15, -0.1) is 0 Å². The number of nitrogen functional groups attached to an aromatic ring is 1. The number of nitrogens with one attached hydrogen (secondary N) is 1. The molecule has 7 N–H and O–H groups in total. The van der Waals surface area contributed by atoms with Gasteiger partial charge in [0.1, 0.15) is 5.84 Å². The molecule has 0 spiro atoms. The third-order valence-electron chi connectivity index (χ3n) is 3.31. The molecule has 0 bridgehead atoms. The molecule has 0 heterocycles. The summed E-state index contributed by atoms with van der Waals surface area (Å²) in [6, 6.07) is 5.86. The lowest BCUT2D eigenvalue weighted by Gasteiger charge is -2.18.